The first kappa shape index (κ1) is 12.6. The van der Waals surface area contributed by atoms with Gasteiger partial charge in [-0.3, -0.25) is 9.48 Å². The molecule has 0 saturated heterocycles. The van der Waals surface area contributed by atoms with Crippen molar-refractivity contribution in [3.63, 3.8) is 0 Å². The highest BCUT2D eigenvalue weighted by Crippen LogP contribution is 2.15. The first-order valence-electron chi connectivity index (χ1n) is 5.69. The zero-order chi connectivity index (χ0) is 13.1. The number of nitrogen functional groups attached to an aromatic ring is 1. The number of carbonyl (C=O) groups is 1. The first-order chi connectivity index (χ1) is 8.59. The predicted molar refractivity (Wildman–Crippen MR) is 72.7 cm³/mol. The Kier molecular flexibility index (Phi) is 3.66. The molecule has 5 nitrogen and oxygen atoms in total. The van der Waals surface area contributed by atoms with Crippen molar-refractivity contribution in [3.05, 3.63) is 33.8 Å². The van der Waals surface area contributed by atoms with Crippen LogP contribution in [0.15, 0.2) is 17.5 Å². The molecule has 0 aliphatic heterocycles. The molecule has 2 aromatic heterocycles. The predicted octanol–water partition coefficient (Wildman–Crippen LogP) is 1.34. The average Bonchev–Trinajstić information content (AvgIpc) is 2.89. The van der Waals surface area contributed by atoms with Crippen molar-refractivity contribution in [3.8, 4) is 0 Å². The Morgan fingerprint density at radius 1 is 1.61 bits per heavy atom. The highest BCUT2D eigenvalue weighted by molar-refractivity contribution is 7.09. The number of anilines is 1. The quantitative estimate of drug-likeness (QED) is 0.875. The Bertz CT molecular complexity index is 545. The number of nitrogens with zero attached hydrogens (tertiary/aromatic N) is 2. The van der Waals surface area contributed by atoms with Crippen molar-refractivity contribution in [1.82, 2.24) is 15.1 Å². The summed E-state index contributed by atoms with van der Waals surface area (Å²) < 4.78 is 1.52. The van der Waals surface area contributed by atoms with Crippen LogP contribution in [0.25, 0.3) is 0 Å². The molecule has 0 radical (unpaired) electrons. The van der Waals surface area contributed by atoms with Crippen LogP contribution in [0.1, 0.15) is 21.1 Å². The van der Waals surface area contributed by atoms with Crippen LogP contribution < -0.4 is 11.1 Å². The normalized spacial score (nSPS) is 10.6. The minimum absolute atomic E-state index is 0.174. The van der Waals surface area contributed by atoms with Gasteiger partial charge >= 0.3 is 0 Å². The maximum Gasteiger partial charge on any atom is 0.271 e. The average molecular weight is 264 g/mol. The van der Waals surface area contributed by atoms with Gasteiger partial charge in [0.2, 0.25) is 0 Å². The lowest BCUT2D eigenvalue weighted by Gasteiger charge is -2.05. The smallest absolute Gasteiger partial charge is 0.271 e. The van der Waals surface area contributed by atoms with Gasteiger partial charge in [0.25, 0.3) is 5.91 Å². The molecular formula is C12H16N4OS. The summed E-state index contributed by atoms with van der Waals surface area (Å²) in [6.45, 7) is 2.39. The number of carbonyl (C=O) groups excluding carboxylic acids is 1. The molecule has 0 spiro atoms. The molecule has 0 aliphatic carbocycles. The molecule has 0 atom stereocenters. The summed E-state index contributed by atoms with van der Waals surface area (Å²) in [4.78, 5) is 13.2. The van der Waals surface area contributed by atoms with Crippen LogP contribution in [0.2, 0.25) is 0 Å². The number of aryl methyl sites for hydroxylation is 2. The fourth-order valence-electron chi connectivity index (χ4n) is 1.78. The Balaban J connectivity index is 1.95. The lowest BCUT2D eigenvalue weighted by Crippen LogP contribution is -2.28. The second-order valence-corrected chi connectivity index (χ2v) is 5.09. The van der Waals surface area contributed by atoms with E-state index in [1.54, 1.807) is 25.3 Å². The monoisotopic (exact) mass is 264 g/mol. The second kappa shape index (κ2) is 5.22. The van der Waals surface area contributed by atoms with E-state index in [2.05, 4.69) is 16.5 Å². The van der Waals surface area contributed by atoms with E-state index in [1.165, 1.54) is 9.56 Å². The van der Waals surface area contributed by atoms with Gasteiger partial charge in [-0.05, 0) is 24.8 Å². The summed E-state index contributed by atoms with van der Waals surface area (Å²) in [6, 6.07) is 4.06. The lowest BCUT2D eigenvalue weighted by atomic mass is 10.3. The number of hydrogen-bond acceptors (Lipinski definition) is 4. The summed E-state index contributed by atoms with van der Waals surface area (Å²) in [5.74, 6) is -0.174. The van der Waals surface area contributed by atoms with E-state index in [-0.39, 0.29) is 5.91 Å². The highest BCUT2D eigenvalue weighted by atomic mass is 32.1. The standard InChI is InChI=1S/C12H16N4OS/c1-8-10(13)11(16(2)15-8)12(17)14-6-5-9-4-3-7-18-9/h3-4,7H,5-6,13H2,1-2H3,(H,14,17). The number of amides is 1. The minimum Gasteiger partial charge on any atom is -0.395 e. The first-order valence-corrected chi connectivity index (χ1v) is 6.57. The Hall–Kier alpha value is -1.82. The van der Waals surface area contributed by atoms with Crippen LogP contribution in [0.5, 0.6) is 0 Å². The second-order valence-electron chi connectivity index (χ2n) is 4.06. The van der Waals surface area contributed by atoms with Gasteiger partial charge in [-0.2, -0.15) is 5.10 Å². The summed E-state index contributed by atoms with van der Waals surface area (Å²) >= 11 is 1.69. The fraction of sp³-hybridized carbons (Fsp3) is 0.333. The SMILES string of the molecule is Cc1nn(C)c(C(=O)NCCc2cccs2)c1N. The Morgan fingerprint density at radius 3 is 2.94 bits per heavy atom. The van der Waals surface area contributed by atoms with Crippen molar-refractivity contribution in [2.75, 3.05) is 12.3 Å². The number of aromatic nitrogens is 2. The van der Waals surface area contributed by atoms with Crippen LogP contribution in [0.4, 0.5) is 5.69 Å². The number of thiophene rings is 1. The molecule has 2 heterocycles. The topological polar surface area (TPSA) is 72.9 Å². The fourth-order valence-corrected chi connectivity index (χ4v) is 2.49. The summed E-state index contributed by atoms with van der Waals surface area (Å²) in [5, 5.41) is 9.01. The summed E-state index contributed by atoms with van der Waals surface area (Å²) in [6.07, 6.45) is 0.833. The van der Waals surface area contributed by atoms with E-state index in [1.807, 2.05) is 11.4 Å². The largest absolute Gasteiger partial charge is 0.395 e. The van der Waals surface area contributed by atoms with Crippen LogP contribution in [-0.4, -0.2) is 22.2 Å². The molecule has 0 aliphatic rings. The van der Waals surface area contributed by atoms with E-state index < -0.39 is 0 Å². The van der Waals surface area contributed by atoms with Crippen molar-refractivity contribution in [2.45, 2.75) is 13.3 Å². The van der Waals surface area contributed by atoms with Gasteiger partial charge in [0, 0.05) is 18.5 Å². The molecule has 0 saturated carbocycles. The Morgan fingerprint density at radius 2 is 2.39 bits per heavy atom. The lowest BCUT2D eigenvalue weighted by molar-refractivity contribution is 0.0946. The van der Waals surface area contributed by atoms with Crippen LogP contribution in [0, 0.1) is 6.92 Å². The molecule has 2 rings (SSSR count). The molecule has 0 aromatic carbocycles. The van der Waals surface area contributed by atoms with Gasteiger partial charge in [-0.1, -0.05) is 6.07 Å². The van der Waals surface area contributed by atoms with E-state index >= 15 is 0 Å². The highest BCUT2D eigenvalue weighted by Gasteiger charge is 2.17. The number of nitrogens with two attached hydrogens (primary N) is 1. The van der Waals surface area contributed by atoms with Crippen LogP contribution in [0.3, 0.4) is 0 Å². The van der Waals surface area contributed by atoms with Crippen molar-refractivity contribution in [1.29, 1.82) is 0 Å². The molecule has 0 fully saturated rings. The zero-order valence-corrected chi connectivity index (χ0v) is 11.3. The van der Waals surface area contributed by atoms with E-state index in [0.29, 0.717) is 23.6 Å². The number of nitrogens with one attached hydrogen (secondary N) is 1. The maximum atomic E-state index is 12.0. The van der Waals surface area contributed by atoms with Gasteiger partial charge in [-0.15, -0.1) is 11.3 Å². The van der Waals surface area contributed by atoms with Crippen molar-refractivity contribution in [2.24, 2.45) is 7.05 Å². The van der Waals surface area contributed by atoms with Gasteiger partial charge in [0.05, 0.1) is 11.4 Å². The molecule has 18 heavy (non-hydrogen) atoms. The maximum absolute atomic E-state index is 12.0. The number of rotatable bonds is 4. The molecule has 0 bridgehead atoms. The molecule has 96 valence electrons. The van der Waals surface area contributed by atoms with E-state index in [0.717, 1.165) is 6.42 Å². The van der Waals surface area contributed by atoms with Gasteiger partial charge in [0.15, 0.2) is 0 Å². The van der Waals surface area contributed by atoms with Gasteiger partial charge in [-0.25, -0.2) is 0 Å². The molecular weight excluding hydrogens is 248 g/mol. The van der Waals surface area contributed by atoms with E-state index in [9.17, 15) is 4.79 Å². The summed E-state index contributed by atoms with van der Waals surface area (Å²) in [5.41, 5.74) is 7.39. The minimum atomic E-state index is -0.174. The Labute approximate surface area is 110 Å². The zero-order valence-electron chi connectivity index (χ0n) is 10.4. The van der Waals surface area contributed by atoms with Gasteiger partial charge < -0.3 is 11.1 Å². The third kappa shape index (κ3) is 2.53. The number of hydrogen-bond donors (Lipinski definition) is 2. The third-order valence-electron chi connectivity index (χ3n) is 2.72. The van der Waals surface area contributed by atoms with Gasteiger partial charge in [0.1, 0.15) is 5.69 Å². The molecule has 1 amide bonds. The molecule has 2 aromatic rings. The van der Waals surface area contributed by atoms with Crippen molar-refractivity contribution >= 4 is 22.9 Å². The molecule has 3 N–H and O–H groups in total. The van der Waals surface area contributed by atoms with Crippen molar-refractivity contribution < 1.29 is 4.79 Å². The van der Waals surface area contributed by atoms with Crippen LogP contribution in [-0.2, 0) is 13.5 Å². The molecule has 0 unspecified atom stereocenters. The van der Waals surface area contributed by atoms with E-state index in [4.69, 9.17) is 5.73 Å². The summed E-state index contributed by atoms with van der Waals surface area (Å²) in [7, 11) is 1.72. The third-order valence-corrected chi connectivity index (χ3v) is 3.66. The van der Waals surface area contributed by atoms with Crippen LogP contribution >= 0.6 is 11.3 Å². The molecule has 6 heteroatoms.